The van der Waals surface area contributed by atoms with Crippen molar-refractivity contribution in [2.24, 2.45) is 0 Å². The van der Waals surface area contributed by atoms with Crippen molar-refractivity contribution in [3.05, 3.63) is 35.9 Å². The first-order valence-corrected chi connectivity index (χ1v) is 9.05. The lowest BCUT2D eigenvalue weighted by Gasteiger charge is -2.47. The van der Waals surface area contributed by atoms with Crippen LogP contribution in [0.4, 0.5) is 0 Å². The Hall–Kier alpha value is -1.53. The molecule has 5 nitrogen and oxygen atoms in total. The van der Waals surface area contributed by atoms with Crippen molar-refractivity contribution in [2.75, 3.05) is 14.1 Å². The predicted molar refractivity (Wildman–Crippen MR) is 94.4 cm³/mol. The molecule has 0 unspecified atom stereocenters. The number of rotatable bonds is 5. The highest BCUT2D eigenvalue weighted by Crippen LogP contribution is 2.52. The van der Waals surface area contributed by atoms with Crippen LogP contribution in [0.15, 0.2) is 30.3 Å². The van der Waals surface area contributed by atoms with Gasteiger partial charge in [-0.1, -0.05) is 30.3 Å². The highest BCUT2D eigenvalue weighted by molar-refractivity contribution is 8.01. The van der Waals surface area contributed by atoms with Crippen molar-refractivity contribution in [1.82, 2.24) is 9.80 Å². The number of hydrogen-bond acceptors (Lipinski definition) is 5. The molecule has 0 bridgehead atoms. The Morgan fingerprint density at radius 1 is 1.29 bits per heavy atom. The Labute approximate surface area is 147 Å². The molecule has 0 N–H and O–H groups in total. The number of esters is 1. The van der Waals surface area contributed by atoms with Gasteiger partial charge in [0.2, 0.25) is 5.91 Å². The van der Waals surface area contributed by atoms with Gasteiger partial charge < -0.3 is 9.64 Å². The van der Waals surface area contributed by atoms with Gasteiger partial charge in [-0.25, -0.2) is 0 Å². The second-order valence-electron chi connectivity index (χ2n) is 7.13. The van der Waals surface area contributed by atoms with E-state index < -0.39 is 0 Å². The summed E-state index contributed by atoms with van der Waals surface area (Å²) in [4.78, 5) is 28.6. The Kier molecular flexibility index (Phi) is 4.62. The number of carbonyl (C=O) groups excluding carboxylic acids is 2. The Bertz CT molecular complexity index is 632. The van der Waals surface area contributed by atoms with Crippen LogP contribution < -0.4 is 0 Å². The van der Waals surface area contributed by atoms with Crippen molar-refractivity contribution >= 4 is 23.6 Å². The van der Waals surface area contributed by atoms with E-state index in [1.165, 1.54) is 0 Å². The summed E-state index contributed by atoms with van der Waals surface area (Å²) in [5.41, 5.74) is 0.969. The molecule has 0 aliphatic carbocycles. The number of thioether (sulfide) groups is 1. The lowest BCUT2D eigenvalue weighted by Crippen LogP contribution is -2.68. The van der Waals surface area contributed by atoms with Crippen molar-refractivity contribution in [2.45, 2.75) is 49.1 Å². The van der Waals surface area contributed by atoms with E-state index in [9.17, 15) is 9.59 Å². The van der Waals surface area contributed by atoms with Gasteiger partial charge in [-0.3, -0.25) is 14.5 Å². The average molecular weight is 348 g/mol. The van der Waals surface area contributed by atoms with Gasteiger partial charge in [0.25, 0.3) is 0 Å². The molecule has 2 fully saturated rings. The molecule has 3 rings (SSSR count). The van der Waals surface area contributed by atoms with Crippen molar-refractivity contribution in [1.29, 1.82) is 0 Å². The van der Waals surface area contributed by atoms with Crippen LogP contribution in [0.2, 0.25) is 0 Å². The van der Waals surface area contributed by atoms with E-state index >= 15 is 0 Å². The maximum absolute atomic E-state index is 12.5. The third kappa shape index (κ3) is 3.05. The Balaban J connectivity index is 1.62. The third-order valence-electron chi connectivity index (χ3n) is 4.77. The molecule has 2 aliphatic heterocycles. The lowest BCUT2D eigenvalue weighted by molar-refractivity contribution is -0.157. The maximum Gasteiger partial charge on any atom is 0.308 e. The zero-order valence-electron chi connectivity index (χ0n) is 14.6. The number of ether oxygens (including phenoxy) is 1. The Morgan fingerprint density at radius 2 is 1.96 bits per heavy atom. The number of benzene rings is 1. The molecule has 6 heteroatoms. The fourth-order valence-electron chi connectivity index (χ4n) is 3.42. The van der Waals surface area contributed by atoms with Gasteiger partial charge >= 0.3 is 5.97 Å². The molecule has 0 saturated carbocycles. The van der Waals surface area contributed by atoms with Crippen LogP contribution in [-0.2, 0) is 20.9 Å². The predicted octanol–water partition coefficient (Wildman–Crippen LogP) is 2.11. The summed E-state index contributed by atoms with van der Waals surface area (Å²) in [5, 5.41) is 0.134. The van der Waals surface area contributed by atoms with E-state index in [0.717, 1.165) is 5.56 Å². The largest absolute Gasteiger partial charge is 0.461 e. The molecule has 0 aromatic heterocycles. The fourth-order valence-corrected chi connectivity index (χ4v) is 5.25. The van der Waals surface area contributed by atoms with Crippen LogP contribution >= 0.6 is 11.8 Å². The van der Waals surface area contributed by atoms with Crippen molar-refractivity contribution in [3.8, 4) is 0 Å². The van der Waals surface area contributed by atoms with E-state index in [2.05, 4.69) is 13.8 Å². The van der Waals surface area contributed by atoms with Crippen LogP contribution in [0, 0.1) is 0 Å². The zero-order valence-corrected chi connectivity index (χ0v) is 15.4. The molecular formula is C18H24N2O3S. The van der Waals surface area contributed by atoms with Gasteiger partial charge in [-0.15, -0.1) is 11.8 Å². The monoisotopic (exact) mass is 348 g/mol. The number of carbonyl (C=O) groups is 2. The van der Waals surface area contributed by atoms with Crippen LogP contribution in [0.1, 0.15) is 25.8 Å². The summed E-state index contributed by atoms with van der Waals surface area (Å²) in [7, 11) is 3.85. The summed E-state index contributed by atoms with van der Waals surface area (Å²) < 4.78 is 5.25. The van der Waals surface area contributed by atoms with Gasteiger partial charge in [0, 0.05) is 4.75 Å². The maximum atomic E-state index is 12.5. The summed E-state index contributed by atoms with van der Waals surface area (Å²) >= 11 is 1.78. The number of fused-ring (bicyclic) bond motifs is 1. The van der Waals surface area contributed by atoms with E-state index in [0.29, 0.717) is 0 Å². The molecular weight excluding hydrogens is 324 g/mol. The zero-order chi connectivity index (χ0) is 17.5. The molecule has 1 aromatic carbocycles. The third-order valence-corrected chi connectivity index (χ3v) is 6.38. The van der Waals surface area contributed by atoms with Gasteiger partial charge in [-0.05, 0) is 33.5 Å². The normalized spacial score (nSPS) is 27.8. The average Bonchev–Trinajstić information content (AvgIpc) is 2.73. The summed E-state index contributed by atoms with van der Waals surface area (Å²) in [6, 6.07) is 9.44. The summed E-state index contributed by atoms with van der Waals surface area (Å²) in [5.74, 6) is -0.136. The van der Waals surface area contributed by atoms with Crippen LogP contribution in [0.3, 0.4) is 0 Å². The molecule has 2 aliphatic rings. The van der Waals surface area contributed by atoms with E-state index in [4.69, 9.17) is 4.74 Å². The second kappa shape index (κ2) is 6.41. The van der Waals surface area contributed by atoms with Crippen LogP contribution in [-0.4, -0.2) is 58.0 Å². The van der Waals surface area contributed by atoms with Gasteiger partial charge in [-0.2, -0.15) is 0 Å². The first-order valence-electron chi connectivity index (χ1n) is 8.17. The quantitative estimate of drug-likeness (QED) is 0.603. The minimum atomic E-state index is -0.251. The highest BCUT2D eigenvalue weighted by Gasteiger charge is 2.62. The first-order chi connectivity index (χ1) is 11.3. The molecule has 1 amide bonds. The number of amides is 1. The number of likely N-dealkylation sites (N-methyl/N-ethyl adjacent to an activating group) is 1. The Morgan fingerprint density at radius 3 is 2.58 bits per heavy atom. The van der Waals surface area contributed by atoms with Gasteiger partial charge in [0.15, 0.2) is 0 Å². The number of hydrogen-bond donors (Lipinski definition) is 0. The van der Waals surface area contributed by atoms with Crippen LogP contribution in [0.25, 0.3) is 0 Å². The number of nitrogens with zero attached hydrogens (tertiary/aromatic N) is 2. The van der Waals surface area contributed by atoms with Crippen molar-refractivity contribution < 1.29 is 14.3 Å². The number of β-lactam (4-membered cyclic amide) rings is 1. The minimum Gasteiger partial charge on any atom is -0.461 e. The highest BCUT2D eigenvalue weighted by atomic mass is 32.2. The molecule has 0 spiro atoms. The first kappa shape index (κ1) is 17.3. The smallest absolute Gasteiger partial charge is 0.308 e. The van der Waals surface area contributed by atoms with Gasteiger partial charge in [0.1, 0.15) is 18.0 Å². The molecule has 0 radical (unpaired) electrons. The topological polar surface area (TPSA) is 49.9 Å². The summed E-state index contributed by atoms with van der Waals surface area (Å²) in [6.45, 7) is 4.48. The molecule has 2 heterocycles. The van der Waals surface area contributed by atoms with Crippen molar-refractivity contribution in [3.63, 3.8) is 0 Å². The van der Waals surface area contributed by atoms with Gasteiger partial charge in [0.05, 0.1) is 12.5 Å². The standard InChI is InChI=1S/C18H24N2O3S/c1-18(2)13(20-16(22)15(19(3)4)17(20)24-18)10-14(21)23-11-12-8-6-5-7-9-12/h5-9,13,15,17H,10-11H2,1-4H3/t13-,15+,17+/m0/s1. The van der Waals surface area contributed by atoms with E-state index in [1.807, 2.05) is 54.2 Å². The molecule has 1 aromatic rings. The molecule has 130 valence electrons. The molecule has 2 saturated heterocycles. The fraction of sp³-hybridized carbons (Fsp3) is 0.556. The minimum absolute atomic E-state index is 0.0837. The second-order valence-corrected chi connectivity index (χ2v) is 8.90. The lowest BCUT2D eigenvalue weighted by atomic mass is 9.93. The van der Waals surface area contributed by atoms with Crippen LogP contribution in [0.5, 0.6) is 0 Å². The van der Waals surface area contributed by atoms with E-state index in [-0.39, 0.29) is 47.1 Å². The summed E-state index contributed by atoms with van der Waals surface area (Å²) in [6.07, 6.45) is 0.245. The molecule has 24 heavy (non-hydrogen) atoms. The SMILES string of the molecule is CN(C)[C@@H]1C(=O)N2[C@@H]1SC(C)(C)[C@@H]2CC(=O)OCc1ccccc1. The van der Waals surface area contributed by atoms with E-state index in [1.54, 1.807) is 11.8 Å². The molecule has 3 atom stereocenters.